The summed E-state index contributed by atoms with van der Waals surface area (Å²) in [6.45, 7) is 2.07. The van der Waals surface area contributed by atoms with Crippen LogP contribution >= 0.6 is 11.3 Å². The highest BCUT2D eigenvalue weighted by Crippen LogP contribution is 2.36. The molecule has 4 aromatic rings. The zero-order chi connectivity index (χ0) is 23.5. The van der Waals surface area contributed by atoms with Gasteiger partial charge in [-0.05, 0) is 42.8 Å². The van der Waals surface area contributed by atoms with Crippen LogP contribution in [-0.4, -0.2) is 24.9 Å². The van der Waals surface area contributed by atoms with Crippen LogP contribution in [0, 0.1) is 6.92 Å². The van der Waals surface area contributed by atoms with E-state index in [0.717, 1.165) is 39.4 Å². The number of rotatable bonds is 6. The van der Waals surface area contributed by atoms with Crippen molar-refractivity contribution in [3.63, 3.8) is 0 Å². The van der Waals surface area contributed by atoms with Crippen LogP contribution in [0.1, 0.15) is 29.2 Å². The van der Waals surface area contributed by atoms with E-state index < -0.39 is 0 Å². The fourth-order valence-electron chi connectivity index (χ4n) is 3.98. The second-order valence-electron chi connectivity index (χ2n) is 8.00. The largest absolute Gasteiger partial charge is 0.493 e. The number of nitrogens with zero attached hydrogens (tertiary/aromatic N) is 2. The van der Waals surface area contributed by atoms with Crippen LogP contribution in [0.25, 0.3) is 11.3 Å². The van der Waals surface area contributed by atoms with Gasteiger partial charge in [0.1, 0.15) is 11.9 Å². The quantitative estimate of drug-likeness (QED) is 0.326. The van der Waals surface area contributed by atoms with Gasteiger partial charge in [-0.3, -0.25) is 5.43 Å². The van der Waals surface area contributed by atoms with Crippen molar-refractivity contribution in [3.8, 4) is 28.5 Å². The van der Waals surface area contributed by atoms with E-state index in [1.807, 2.05) is 47.8 Å². The number of hydrogen-bond acceptors (Lipinski definition) is 7. The first-order valence-electron chi connectivity index (χ1n) is 11.0. The van der Waals surface area contributed by atoms with Crippen LogP contribution < -0.4 is 19.6 Å². The highest BCUT2D eigenvalue weighted by molar-refractivity contribution is 7.14. The van der Waals surface area contributed by atoms with Crippen molar-refractivity contribution < 1.29 is 14.2 Å². The van der Waals surface area contributed by atoms with Crippen molar-refractivity contribution in [2.24, 2.45) is 5.10 Å². The predicted octanol–water partition coefficient (Wildman–Crippen LogP) is 6.48. The third kappa shape index (κ3) is 4.47. The molecule has 6 nitrogen and oxygen atoms in total. The van der Waals surface area contributed by atoms with Gasteiger partial charge in [0.05, 0.1) is 25.6 Å². The lowest BCUT2D eigenvalue weighted by atomic mass is 9.94. The van der Waals surface area contributed by atoms with E-state index >= 15 is 0 Å². The molecule has 1 aliphatic rings. The molecule has 172 valence electrons. The van der Waals surface area contributed by atoms with Crippen molar-refractivity contribution >= 4 is 22.2 Å². The van der Waals surface area contributed by atoms with Gasteiger partial charge in [0.15, 0.2) is 11.5 Å². The van der Waals surface area contributed by atoms with Gasteiger partial charge in [0.2, 0.25) is 5.13 Å². The molecule has 0 aliphatic carbocycles. The zero-order valence-corrected chi connectivity index (χ0v) is 20.1. The fourth-order valence-corrected chi connectivity index (χ4v) is 4.64. The Morgan fingerprint density at radius 1 is 1.00 bits per heavy atom. The van der Waals surface area contributed by atoms with Crippen LogP contribution in [0.3, 0.4) is 0 Å². The van der Waals surface area contributed by atoms with E-state index in [2.05, 4.69) is 36.6 Å². The number of benzene rings is 3. The number of hydrogen-bond donors (Lipinski definition) is 1. The molecule has 34 heavy (non-hydrogen) atoms. The number of thiazole rings is 1. The Morgan fingerprint density at radius 2 is 1.82 bits per heavy atom. The maximum atomic E-state index is 6.31. The number of nitrogens with one attached hydrogen (secondary N) is 1. The standard InChI is InChI=1S/C27H25N3O3S/c1-17-9-11-23-20(13-17)21(15-25(33-23)18-7-5-4-6-8-18)29-30-27-28-22(16-34-27)19-10-12-24(31-2)26(14-19)32-3/h4-14,16,25H,15H2,1-3H3,(H,28,30). The van der Waals surface area contributed by atoms with Crippen molar-refractivity contribution in [2.75, 3.05) is 19.6 Å². The van der Waals surface area contributed by atoms with Gasteiger partial charge < -0.3 is 14.2 Å². The molecule has 0 saturated heterocycles. The van der Waals surface area contributed by atoms with Crippen molar-refractivity contribution in [2.45, 2.75) is 19.4 Å². The average Bonchev–Trinajstić information content (AvgIpc) is 3.36. The lowest BCUT2D eigenvalue weighted by Crippen LogP contribution is -2.22. The molecule has 0 spiro atoms. The highest BCUT2D eigenvalue weighted by atomic mass is 32.1. The molecule has 1 N–H and O–H groups in total. The lowest BCUT2D eigenvalue weighted by molar-refractivity contribution is 0.206. The normalized spacial score (nSPS) is 16.0. The molecule has 0 amide bonds. The van der Waals surface area contributed by atoms with Crippen LogP contribution in [0.5, 0.6) is 17.2 Å². The summed E-state index contributed by atoms with van der Waals surface area (Å²) in [5, 5.41) is 7.49. The Kier molecular flexibility index (Phi) is 6.18. The molecule has 0 saturated carbocycles. The Bertz CT molecular complexity index is 1330. The molecule has 5 rings (SSSR count). The van der Waals surface area contributed by atoms with Crippen molar-refractivity contribution in [1.29, 1.82) is 0 Å². The molecular weight excluding hydrogens is 446 g/mol. The molecule has 1 atom stereocenters. The molecule has 1 aromatic heterocycles. The molecule has 1 aliphatic heterocycles. The summed E-state index contributed by atoms with van der Waals surface area (Å²) < 4.78 is 17.1. The van der Waals surface area contributed by atoms with Gasteiger partial charge in [-0.15, -0.1) is 11.3 Å². The maximum absolute atomic E-state index is 6.31. The molecule has 1 unspecified atom stereocenters. The van der Waals surface area contributed by atoms with Gasteiger partial charge in [0.25, 0.3) is 0 Å². The first kappa shape index (κ1) is 22.0. The molecular formula is C27H25N3O3S. The van der Waals surface area contributed by atoms with Crippen LogP contribution in [0.2, 0.25) is 0 Å². The fraction of sp³-hybridized carbons (Fsp3) is 0.185. The smallest absolute Gasteiger partial charge is 0.203 e. The summed E-state index contributed by atoms with van der Waals surface area (Å²) in [7, 11) is 3.25. The van der Waals surface area contributed by atoms with E-state index in [1.165, 1.54) is 11.3 Å². The number of aromatic nitrogens is 1. The number of fused-ring (bicyclic) bond motifs is 1. The first-order valence-corrected chi connectivity index (χ1v) is 11.9. The van der Waals surface area contributed by atoms with Crippen LogP contribution in [-0.2, 0) is 0 Å². The monoisotopic (exact) mass is 471 g/mol. The Balaban J connectivity index is 1.41. The van der Waals surface area contributed by atoms with E-state index in [1.54, 1.807) is 14.2 Å². The average molecular weight is 472 g/mol. The van der Waals surface area contributed by atoms with Gasteiger partial charge >= 0.3 is 0 Å². The molecule has 0 bridgehead atoms. The van der Waals surface area contributed by atoms with Gasteiger partial charge in [-0.2, -0.15) is 5.10 Å². The third-order valence-electron chi connectivity index (χ3n) is 5.74. The summed E-state index contributed by atoms with van der Waals surface area (Å²) in [5.74, 6) is 2.20. The summed E-state index contributed by atoms with van der Waals surface area (Å²) in [6.07, 6.45) is 0.581. The SMILES string of the molecule is COc1ccc(-c2csc(NN=C3CC(c4ccccc4)Oc4ccc(C)cc43)n2)cc1OC. The summed E-state index contributed by atoms with van der Waals surface area (Å²) in [4.78, 5) is 4.72. The van der Waals surface area contributed by atoms with Crippen molar-refractivity contribution in [1.82, 2.24) is 4.98 Å². The molecule has 0 radical (unpaired) electrons. The second-order valence-corrected chi connectivity index (χ2v) is 8.86. The first-order chi connectivity index (χ1) is 16.6. The second kappa shape index (κ2) is 9.57. The Hall–Kier alpha value is -3.84. The molecule has 7 heteroatoms. The van der Waals surface area contributed by atoms with Crippen molar-refractivity contribution in [3.05, 3.63) is 88.8 Å². The molecule has 3 aromatic carbocycles. The minimum Gasteiger partial charge on any atom is -0.493 e. The lowest BCUT2D eigenvalue weighted by Gasteiger charge is -2.27. The van der Waals surface area contributed by atoms with Gasteiger partial charge in [-0.25, -0.2) is 4.98 Å². The summed E-state index contributed by atoms with van der Waals surface area (Å²) >= 11 is 1.51. The maximum Gasteiger partial charge on any atom is 0.203 e. The minimum atomic E-state index is -0.0874. The van der Waals surface area contributed by atoms with Crippen LogP contribution in [0.15, 0.2) is 77.2 Å². The Labute approximate surface area is 202 Å². The predicted molar refractivity (Wildman–Crippen MR) is 136 cm³/mol. The topological polar surface area (TPSA) is 65.0 Å². The number of anilines is 1. The van der Waals surface area contributed by atoms with E-state index in [0.29, 0.717) is 23.1 Å². The minimum absolute atomic E-state index is 0.0874. The number of ether oxygens (including phenoxy) is 3. The number of hydrazone groups is 1. The number of methoxy groups -OCH3 is 2. The van der Waals surface area contributed by atoms with E-state index in [4.69, 9.17) is 24.3 Å². The van der Waals surface area contributed by atoms with Crippen LogP contribution in [0.4, 0.5) is 5.13 Å². The molecule has 0 fully saturated rings. The van der Waals surface area contributed by atoms with E-state index in [-0.39, 0.29) is 6.10 Å². The Morgan fingerprint density at radius 3 is 2.62 bits per heavy atom. The van der Waals surface area contributed by atoms with Gasteiger partial charge in [-0.1, -0.05) is 42.0 Å². The van der Waals surface area contributed by atoms with E-state index in [9.17, 15) is 0 Å². The summed E-state index contributed by atoms with van der Waals surface area (Å²) in [6, 6.07) is 22.2. The molecule has 2 heterocycles. The third-order valence-corrected chi connectivity index (χ3v) is 6.48. The summed E-state index contributed by atoms with van der Waals surface area (Å²) in [5.41, 5.74) is 9.22. The number of aryl methyl sites for hydroxylation is 1. The highest BCUT2D eigenvalue weighted by Gasteiger charge is 2.26. The zero-order valence-electron chi connectivity index (χ0n) is 19.2. The van der Waals surface area contributed by atoms with Gasteiger partial charge in [0, 0.05) is 22.9 Å².